The van der Waals surface area contributed by atoms with Gasteiger partial charge in [0.05, 0.1) is 35.3 Å². The van der Waals surface area contributed by atoms with E-state index in [0.29, 0.717) is 18.8 Å². The van der Waals surface area contributed by atoms with Gasteiger partial charge in [0.2, 0.25) is 10.0 Å². The van der Waals surface area contributed by atoms with Crippen molar-refractivity contribution in [3.8, 4) is 5.75 Å². The van der Waals surface area contributed by atoms with Crippen LogP contribution in [-0.2, 0) is 24.8 Å². The van der Waals surface area contributed by atoms with E-state index in [0.717, 1.165) is 24.2 Å². The Kier molecular flexibility index (Phi) is 12.2. The second-order valence-electron chi connectivity index (χ2n) is 11.6. The Morgan fingerprint density at radius 1 is 1.07 bits per heavy atom. The molecule has 1 aliphatic heterocycles. The predicted molar refractivity (Wildman–Crippen MR) is 178 cm³/mol. The van der Waals surface area contributed by atoms with Gasteiger partial charge in [0, 0.05) is 38.3 Å². The highest BCUT2D eigenvalue weighted by Gasteiger charge is 2.32. The molecule has 0 aliphatic carbocycles. The van der Waals surface area contributed by atoms with Gasteiger partial charge in [-0.3, -0.25) is 9.52 Å². The molecule has 0 saturated carbocycles. The summed E-state index contributed by atoms with van der Waals surface area (Å²) in [5, 5.41) is 11.8. The number of nitrogens with zero attached hydrogens (tertiary/aromatic N) is 2. The Labute approximate surface area is 276 Å². The summed E-state index contributed by atoms with van der Waals surface area (Å²) in [5.74, 6) is -0.509. The Morgan fingerprint density at radius 3 is 2.48 bits per heavy atom. The summed E-state index contributed by atoms with van der Waals surface area (Å²) < 4.78 is 69.1. The number of ether oxygens (including phenoxy) is 2. The summed E-state index contributed by atoms with van der Waals surface area (Å²) in [6.45, 7) is 5.75. The van der Waals surface area contributed by atoms with E-state index in [-0.39, 0.29) is 52.1 Å². The molecule has 2 aromatic carbocycles. The molecule has 0 saturated heterocycles. The number of likely N-dealkylation sites (N-methyl/N-ethyl adjacent to an activating group) is 1. The number of thiophene rings is 1. The van der Waals surface area contributed by atoms with Gasteiger partial charge >= 0.3 is 0 Å². The molecule has 2 N–H and O–H groups in total. The van der Waals surface area contributed by atoms with E-state index in [2.05, 4.69) is 4.72 Å². The zero-order valence-corrected chi connectivity index (χ0v) is 29.0. The third kappa shape index (κ3) is 8.87. The molecule has 4 rings (SSSR count). The summed E-state index contributed by atoms with van der Waals surface area (Å²) in [7, 11) is -6.16. The van der Waals surface area contributed by atoms with Gasteiger partial charge in [-0.15, -0.1) is 11.3 Å². The van der Waals surface area contributed by atoms with Crippen LogP contribution >= 0.6 is 11.3 Å². The lowest BCUT2D eigenvalue weighted by molar-refractivity contribution is -0.00833. The van der Waals surface area contributed by atoms with Gasteiger partial charge in [0.25, 0.3) is 15.9 Å². The van der Waals surface area contributed by atoms with Gasteiger partial charge < -0.3 is 19.5 Å². The number of sulfonamides is 2. The lowest BCUT2D eigenvalue weighted by atomic mass is 10.0. The van der Waals surface area contributed by atoms with E-state index in [9.17, 15) is 26.7 Å². The minimum Gasteiger partial charge on any atom is -0.490 e. The van der Waals surface area contributed by atoms with Crippen LogP contribution in [0.25, 0.3) is 0 Å². The average molecular weight is 694 g/mol. The molecule has 0 radical (unpaired) electrons. The van der Waals surface area contributed by atoms with Gasteiger partial charge in [-0.1, -0.05) is 31.2 Å². The third-order valence-electron chi connectivity index (χ3n) is 7.95. The number of carbonyl (C=O) groups excluding carboxylic acids is 1. The number of carbonyl (C=O) groups is 1. The highest BCUT2D eigenvalue weighted by Crippen LogP contribution is 2.30. The van der Waals surface area contributed by atoms with E-state index in [4.69, 9.17) is 9.47 Å². The van der Waals surface area contributed by atoms with Gasteiger partial charge in [-0.2, -0.15) is 4.31 Å². The molecule has 0 spiro atoms. The molecule has 2 heterocycles. The Hall–Kier alpha value is -3.01. The van der Waals surface area contributed by atoms with Crippen molar-refractivity contribution in [1.82, 2.24) is 9.21 Å². The van der Waals surface area contributed by atoms with E-state index >= 15 is 0 Å². The van der Waals surface area contributed by atoms with Crippen molar-refractivity contribution in [2.24, 2.45) is 5.92 Å². The monoisotopic (exact) mass is 693 g/mol. The number of aliphatic hydroxyl groups excluding tert-OH is 1. The predicted octanol–water partition coefficient (Wildman–Crippen LogP) is 4.67. The minimum atomic E-state index is -3.88. The van der Waals surface area contributed by atoms with Crippen molar-refractivity contribution in [3.05, 3.63) is 71.6 Å². The fourth-order valence-electron chi connectivity index (χ4n) is 5.19. The summed E-state index contributed by atoms with van der Waals surface area (Å²) in [5.41, 5.74) is 0.334. The third-order valence-corrected chi connectivity index (χ3v) is 12.6. The number of amides is 1. The Balaban J connectivity index is 1.67. The van der Waals surface area contributed by atoms with Crippen LogP contribution in [0.3, 0.4) is 0 Å². The Bertz CT molecular complexity index is 1650. The molecule has 252 valence electrons. The summed E-state index contributed by atoms with van der Waals surface area (Å²) in [4.78, 5) is 16.0. The number of benzene rings is 2. The molecule has 4 atom stereocenters. The first-order valence-corrected chi connectivity index (χ1v) is 19.1. The van der Waals surface area contributed by atoms with E-state index < -0.39 is 38.1 Å². The standard InChI is InChI=1S/C32H43N3O8S3/c1-23-20-35(24(2)22-36)32(37)28-19-26(33-45(38,39)31-14-10-18-44-31)15-16-29(28)43-25(3)11-8-9-17-42-30(23)21-34(4)46(40,41)27-12-6-5-7-13-27/h5-7,10,12-16,18-19,23-25,30,33,36H,8-9,11,17,20-22H2,1-4H3/t23-,24-,25+,30-/m1/s1. The molecule has 0 bridgehead atoms. The maximum atomic E-state index is 14.3. The maximum absolute atomic E-state index is 14.3. The molecular formula is C32H43N3O8S3. The zero-order chi connectivity index (χ0) is 33.5. The van der Waals surface area contributed by atoms with Crippen molar-refractivity contribution in [1.29, 1.82) is 0 Å². The lowest BCUT2D eigenvalue weighted by Crippen LogP contribution is -2.48. The summed E-state index contributed by atoms with van der Waals surface area (Å²) >= 11 is 1.08. The van der Waals surface area contributed by atoms with Crippen LogP contribution in [0.4, 0.5) is 5.69 Å². The molecule has 46 heavy (non-hydrogen) atoms. The topological polar surface area (TPSA) is 143 Å². The number of fused-ring (bicyclic) bond motifs is 1. The van der Waals surface area contributed by atoms with Crippen molar-refractivity contribution in [3.63, 3.8) is 0 Å². The number of anilines is 1. The quantitative estimate of drug-likeness (QED) is 0.330. The summed E-state index contributed by atoms with van der Waals surface area (Å²) in [6.07, 6.45) is 1.34. The van der Waals surface area contributed by atoms with Gasteiger partial charge in [0.1, 0.15) is 9.96 Å². The van der Waals surface area contributed by atoms with Crippen LogP contribution in [0.2, 0.25) is 0 Å². The largest absolute Gasteiger partial charge is 0.490 e. The van der Waals surface area contributed by atoms with Crippen LogP contribution in [0.1, 0.15) is 50.4 Å². The zero-order valence-electron chi connectivity index (χ0n) is 26.5. The second kappa shape index (κ2) is 15.7. The van der Waals surface area contributed by atoms with Crippen LogP contribution in [-0.4, -0.2) is 88.7 Å². The number of hydrogen-bond acceptors (Lipinski definition) is 9. The molecule has 0 unspecified atom stereocenters. The normalized spacial score (nSPS) is 21.2. The van der Waals surface area contributed by atoms with E-state index in [1.807, 2.05) is 13.8 Å². The van der Waals surface area contributed by atoms with Crippen molar-refractivity contribution in [2.75, 3.05) is 38.1 Å². The highest BCUT2D eigenvalue weighted by molar-refractivity contribution is 7.94. The molecule has 1 aliphatic rings. The molecule has 1 aromatic heterocycles. The van der Waals surface area contributed by atoms with Crippen LogP contribution in [0, 0.1) is 5.92 Å². The van der Waals surface area contributed by atoms with Crippen molar-refractivity contribution < 1.29 is 36.2 Å². The lowest BCUT2D eigenvalue weighted by Gasteiger charge is -2.35. The van der Waals surface area contributed by atoms with Gasteiger partial charge in [0.15, 0.2) is 0 Å². The summed E-state index contributed by atoms with van der Waals surface area (Å²) in [6, 6.07) is 15.3. The average Bonchev–Trinajstić information content (AvgIpc) is 3.59. The molecule has 14 heteroatoms. The number of hydrogen-bond donors (Lipinski definition) is 2. The molecular weight excluding hydrogens is 651 g/mol. The van der Waals surface area contributed by atoms with Crippen molar-refractivity contribution >= 4 is 43.0 Å². The number of nitrogens with one attached hydrogen (secondary N) is 1. The Morgan fingerprint density at radius 2 is 1.80 bits per heavy atom. The first-order chi connectivity index (χ1) is 21.8. The fourth-order valence-corrected chi connectivity index (χ4v) is 8.44. The van der Waals surface area contributed by atoms with E-state index in [1.54, 1.807) is 60.8 Å². The molecule has 0 fully saturated rings. The number of aliphatic hydroxyl groups is 1. The van der Waals surface area contributed by atoms with Crippen molar-refractivity contribution in [2.45, 2.75) is 67.4 Å². The molecule has 1 amide bonds. The van der Waals surface area contributed by atoms with E-state index in [1.165, 1.54) is 28.4 Å². The smallest absolute Gasteiger partial charge is 0.271 e. The SMILES string of the molecule is C[C@@H]1CN([C@H](C)CO)C(=O)c2cc(NS(=O)(=O)c3cccs3)ccc2O[C@@H](C)CCCCO[C@@H]1CN(C)S(=O)(=O)c1ccccc1. The maximum Gasteiger partial charge on any atom is 0.271 e. The molecule has 3 aromatic rings. The van der Waals surface area contributed by atoms with Crippen LogP contribution < -0.4 is 9.46 Å². The van der Waals surface area contributed by atoms with Crippen LogP contribution in [0.5, 0.6) is 5.75 Å². The molecule has 11 nitrogen and oxygen atoms in total. The van der Waals surface area contributed by atoms with Gasteiger partial charge in [-0.25, -0.2) is 16.8 Å². The van der Waals surface area contributed by atoms with Crippen LogP contribution in [0.15, 0.2) is 75.1 Å². The minimum absolute atomic E-state index is 0.0542. The fraction of sp³-hybridized carbons (Fsp3) is 0.469. The highest BCUT2D eigenvalue weighted by atomic mass is 32.2. The first kappa shape index (κ1) is 35.8. The second-order valence-corrected chi connectivity index (χ2v) is 16.5. The van der Waals surface area contributed by atoms with Gasteiger partial charge in [-0.05, 0) is 74.9 Å². The first-order valence-electron chi connectivity index (χ1n) is 15.2. The number of rotatable bonds is 9.